The van der Waals surface area contributed by atoms with Crippen molar-refractivity contribution < 1.29 is 0 Å². The number of rotatable bonds is 4. The molecule has 0 saturated heterocycles. The van der Waals surface area contributed by atoms with Gasteiger partial charge < -0.3 is 5.73 Å². The van der Waals surface area contributed by atoms with Crippen molar-refractivity contribution in [3.8, 4) is 11.8 Å². The van der Waals surface area contributed by atoms with Gasteiger partial charge in [0.25, 0.3) is 0 Å². The fourth-order valence-corrected chi connectivity index (χ4v) is 4.41. The summed E-state index contributed by atoms with van der Waals surface area (Å²) in [5.41, 5.74) is 11.4. The Hall–Kier alpha value is -2.78. The first-order valence-electron chi connectivity index (χ1n) is 9.21. The highest BCUT2D eigenvalue weighted by Gasteiger charge is 2.19. The maximum Gasteiger partial charge on any atom is 0.102 e. The zero-order chi connectivity index (χ0) is 20.6. The molecule has 0 spiro atoms. The van der Waals surface area contributed by atoms with Crippen LogP contribution in [-0.2, 0) is 6.42 Å². The molecule has 1 heterocycles. The Morgan fingerprint density at radius 3 is 2.55 bits per heavy atom. The number of benzene rings is 3. The number of hydrogen-bond acceptors (Lipinski definition) is 5. The molecule has 0 aliphatic rings. The Morgan fingerprint density at radius 1 is 1.00 bits per heavy atom. The third kappa shape index (κ3) is 5.18. The number of anilines is 1. The molecule has 5 heteroatoms. The summed E-state index contributed by atoms with van der Waals surface area (Å²) in [7, 11) is 0. The van der Waals surface area contributed by atoms with Gasteiger partial charge in [-0.1, -0.05) is 42.3 Å². The SMILES string of the molecule is CC#Cc1cccc(CC(c2cccc(N)c2)c2nc3ccccc3s2)c1.NS. The summed E-state index contributed by atoms with van der Waals surface area (Å²) in [4.78, 5) is 4.92. The zero-order valence-corrected chi connectivity index (χ0v) is 17.9. The summed E-state index contributed by atoms with van der Waals surface area (Å²) in [5, 5.41) is 5.31. The van der Waals surface area contributed by atoms with Gasteiger partial charge in [0, 0.05) is 17.2 Å². The summed E-state index contributed by atoms with van der Waals surface area (Å²) >= 11 is 4.79. The number of nitrogen functional groups attached to an aromatic ring is 1. The predicted molar refractivity (Wildman–Crippen MR) is 128 cm³/mol. The number of aromatic nitrogens is 1. The van der Waals surface area contributed by atoms with E-state index in [-0.39, 0.29) is 5.92 Å². The van der Waals surface area contributed by atoms with E-state index in [2.05, 4.69) is 78.3 Å². The first-order chi connectivity index (χ1) is 14.2. The normalized spacial score (nSPS) is 11.1. The molecule has 1 aromatic heterocycles. The Labute approximate surface area is 181 Å². The van der Waals surface area contributed by atoms with Crippen LogP contribution in [0.25, 0.3) is 10.2 Å². The highest BCUT2D eigenvalue weighted by Crippen LogP contribution is 2.35. The van der Waals surface area contributed by atoms with E-state index in [0.29, 0.717) is 0 Å². The molecule has 4 rings (SSSR count). The van der Waals surface area contributed by atoms with Gasteiger partial charge in [-0.3, -0.25) is 5.14 Å². The van der Waals surface area contributed by atoms with E-state index in [9.17, 15) is 0 Å². The van der Waals surface area contributed by atoms with Crippen LogP contribution in [0.2, 0.25) is 0 Å². The first-order valence-corrected chi connectivity index (χ1v) is 10.5. The molecule has 1 atom stereocenters. The lowest BCUT2D eigenvalue weighted by molar-refractivity contribution is 0.799. The molecule has 0 bridgehead atoms. The maximum atomic E-state index is 6.07. The van der Waals surface area contributed by atoms with E-state index in [1.807, 2.05) is 31.2 Å². The van der Waals surface area contributed by atoms with E-state index >= 15 is 0 Å². The van der Waals surface area contributed by atoms with Gasteiger partial charge in [-0.2, -0.15) is 0 Å². The molecule has 0 radical (unpaired) electrons. The second-order valence-electron chi connectivity index (χ2n) is 6.52. The number of hydrogen-bond donors (Lipinski definition) is 3. The molecule has 0 aliphatic carbocycles. The molecular weight excluding hydrogens is 394 g/mol. The first kappa shape index (κ1) is 20.9. The Bertz CT molecular complexity index is 1120. The minimum Gasteiger partial charge on any atom is -0.399 e. The fourth-order valence-electron chi connectivity index (χ4n) is 3.32. The topological polar surface area (TPSA) is 64.9 Å². The van der Waals surface area contributed by atoms with Crippen molar-refractivity contribution >= 4 is 40.1 Å². The van der Waals surface area contributed by atoms with Crippen LogP contribution in [0, 0.1) is 11.8 Å². The Balaban J connectivity index is 0.00000117. The van der Waals surface area contributed by atoms with Gasteiger partial charge in [0.15, 0.2) is 0 Å². The number of thiazole rings is 1. The van der Waals surface area contributed by atoms with Crippen molar-refractivity contribution in [3.63, 3.8) is 0 Å². The van der Waals surface area contributed by atoms with Gasteiger partial charge in [-0.15, -0.1) is 30.1 Å². The molecule has 0 fully saturated rings. The van der Waals surface area contributed by atoms with E-state index in [1.165, 1.54) is 15.8 Å². The van der Waals surface area contributed by atoms with Crippen LogP contribution in [0.3, 0.4) is 0 Å². The molecule has 0 amide bonds. The Morgan fingerprint density at radius 2 is 1.79 bits per heavy atom. The zero-order valence-electron chi connectivity index (χ0n) is 16.2. The quantitative estimate of drug-likeness (QED) is 0.236. The van der Waals surface area contributed by atoms with Crippen LogP contribution in [-0.4, -0.2) is 4.98 Å². The van der Waals surface area contributed by atoms with Crippen LogP contribution in [0.5, 0.6) is 0 Å². The lowest BCUT2D eigenvalue weighted by Gasteiger charge is -2.16. The van der Waals surface area contributed by atoms with Crippen molar-refractivity contribution in [1.82, 2.24) is 4.98 Å². The van der Waals surface area contributed by atoms with Crippen molar-refractivity contribution in [2.45, 2.75) is 19.3 Å². The molecule has 3 nitrogen and oxygen atoms in total. The molecule has 4 aromatic rings. The maximum absolute atomic E-state index is 6.07. The minimum atomic E-state index is 0.163. The standard InChI is InChI=1S/C24H20N2S.H3NS/c1-2-7-17-8-5-9-18(14-17)15-21(19-10-6-11-20(25)16-19)24-26-22-12-3-4-13-23(22)27-24;1-2/h3-6,8-14,16,21H,15,25H2,1H3;2H,1H2. The summed E-state index contributed by atoms with van der Waals surface area (Å²) < 4.78 is 1.21. The third-order valence-electron chi connectivity index (χ3n) is 4.56. The largest absolute Gasteiger partial charge is 0.399 e. The smallest absolute Gasteiger partial charge is 0.102 e. The van der Waals surface area contributed by atoms with E-state index < -0.39 is 0 Å². The van der Waals surface area contributed by atoms with Gasteiger partial charge in [-0.25, -0.2) is 4.98 Å². The van der Waals surface area contributed by atoms with Gasteiger partial charge >= 0.3 is 0 Å². The Kier molecular flexibility index (Phi) is 7.31. The van der Waals surface area contributed by atoms with E-state index in [4.69, 9.17) is 10.7 Å². The molecule has 1 unspecified atom stereocenters. The van der Waals surface area contributed by atoms with Gasteiger partial charge in [-0.05, 0) is 60.9 Å². The number of para-hydroxylation sites is 1. The summed E-state index contributed by atoms with van der Waals surface area (Å²) in [6, 6.07) is 24.9. The monoisotopic (exact) mass is 417 g/mol. The fraction of sp³-hybridized carbons (Fsp3) is 0.125. The van der Waals surface area contributed by atoms with Gasteiger partial charge in [0.2, 0.25) is 0 Å². The van der Waals surface area contributed by atoms with E-state index in [1.54, 1.807) is 11.3 Å². The molecule has 3 aromatic carbocycles. The number of thiol groups is 1. The van der Waals surface area contributed by atoms with Crippen LogP contribution in [0.15, 0.2) is 72.8 Å². The van der Waals surface area contributed by atoms with Crippen molar-refractivity contribution in [2.24, 2.45) is 5.14 Å². The molecular formula is C24H23N3S2. The molecule has 146 valence electrons. The van der Waals surface area contributed by atoms with Crippen LogP contribution in [0.1, 0.15) is 34.5 Å². The predicted octanol–water partition coefficient (Wildman–Crippen LogP) is 5.41. The van der Waals surface area contributed by atoms with Crippen LogP contribution in [0.4, 0.5) is 5.69 Å². The summed E-state index contributed by atoms with van der Waals surface area (Å²) in [6.07, 6.45) is 0.864. The summed E-state index contributed by atoms with van der Waals surface area (Å²) in [5.74, 6) is 6.29. The number of nitrogens with zero attached hydrogens (tertiary/aromatic N) is 1. The second-order valence-corrected chi connectivity index (χ2v) is 7.58. The third-order valence-corrected chi connectivity index (χ3v) is 5.71. The minimum absolute atomic E-state index is 0.163. The van der Waals surface area contributed by atoms with Gasteiger partial charge in [0.1, 0.15) is 5.01 Å². The summed E-state index contributed by atoms with van der Waals surface area (Å²) in [6.45, 7) is 1.86. The van der Waals surface area contributed by atoms with Gasteiger partial charge in [0.05, 0.1) is 10.2 Å². The lowest BCUT2D eigenvalue weighted by atomic mass is 9.91. The second kappa shape index (κ2) is 10.1. The number of nitrogens with two attached hydrogens (primary N) is 2. The molecule has 29 heavy (non-hydrogen) atoms. The lowest BCUT2D eigenvalue weighted by Crippen LogP contribution is -2.05. The molecule has 0 saturated carbocycles. The van der Waals surface area contributed by atoms with Crippen molar-refractivity contribution in [2.75, 3.05) is 5.73 Å². The average molecular weight is 418 g/mol. The van der Waals surface area contributed by atoms with Crippen molar-refractivity contribution in [1.29, 1.82) is 0 Å². The highest BCUT2D eigenvalue weighted by molar-refractivity contribution is 7.77. The average Bonchev–Trinajstić information content (AvgIpc) is 3.18. The molecule has 0 aliphatic heterocycles. The van der Waals surface area contributed by atoms with Crippen molar-refractivity contribution in [3.05, 3.63) is 94.5 Å². The van der Waals surface area contributed by atoms with Crippen LogP contribution < -0.4 is 10.9 Å². The molecule has 4 N–H and O–H groups in total. The van der Waals surface area contributed by atoms with Crippen LogP contribution >= 0.6 is 24.2 Å². The van der Waals surface area contributed by atoms with E-state index in [0.717, 1.165) is 28.2 Å². The highest BCUT2D eigenvalue weighted by atomic mass is 32.1. The number of fused-ring (bicyclic) bond motifs is 1.